The molecular formula is C22H23N3O. The number of benzene rings is 2. The quantitative estimate of drug-likeness (QED) is 0.706. The van der Waals surface area contributed by atoms with Crippen LogP contribution in [0.2, 0.25) is 0 Å². The van der Waals surface area contributed by atoms with Crippen LogP contribution in [0, 0.1) is 20.8 Å². The Morgan fingerprint density at radius 2 is 1.77 bits per heavy atom. The summed E-state index contributed by atoms with van der Waals surface area (Å²) in [4.78, 5) is 16.7. The molecule has 0 unspecified atom stereocenters. The molecular weight excluding hydrogens is 322 g/mol. The van der Waals surface area contributed by atoms with E-state index in [1.54, 1.807) is 12.4 Å². The fourth-order valence-electron chi connectivity index (χ4n) is 2.83. The number of nitrogens with one attached hydrogen (secondary N) is 2. The number of carbonyl (C=O) groups is 1. The first kappa shape index (κ1) is 17.7. The van der Waals surface area contributed by atoms with Crippen LogP contribution in [-0.4, -0.2) is 10.9 Å². The van der Waals surface area contributed by atoms with E-state index < -0.39 is 0 Å². The van der Waals surface area contributed by atoms with Gasteiger partial charge in [-0.05, 0) is 49.6 Å². The van der Waals surface area contributed by atoms with Gasteiger partial charge in [-0.2, -0.15) is 0 Å². The third kappa shape index (κ3) is 4.28. The summed E-state index contributed by atoms with van der Waals surface area (Å²) in [6, 6.07) is 16.1. The summed E-state index contributed by atoms with van der Waals surface area (Å²) in [6.07, 6.45) is 3.30. The number of rotatable bonds is 5. The molecule has 2 N–H and O–H groups in total. The van der Waals surface area contributed by atoms with Crippen molar-refractivity contribution in [3.8, 4) is 0 Å². The molecule has 0 atom stereocenters. The Hall–Kier alpha value is -3.14. The Bertz CT molecular complexity index is 934. The van der Waals surface area contributed by atoms with E-state index >= 15 is 0 Å². The predicted molar refractivity (Wildman–Crippen MR) is 106 cm³/mol. The van der Waals surface area contributed by atoms with Crippen molar-refractivity contribution in [2.45, 2.75) is 27.3 Å². The van der Waals surface area contributed by atoms with E-state index in [-0.39, 0.29) is 5.91 Å². The first-order valence-corrected chi connectivity index (χ1v) is 8.65. The lowest BCUT2D eigenvalue weighted by Gasteiger charge is -2.12. The van der Waals surface area contributed by atoms with Gasteiger partial charge in [-0.15, -0.1) is 0 Å². The van der Waals surface area contributed by atoms with E-state index in [1.807, 2.05) is 43.3 Å². The molecule has 0 aliphatic heterocycles. The highest BCUT2D eigenvalue weighted by atomic mass is 16.1. The van der Waals surface area contributed by atoms with Crippen LogP contribution in [0.1, 0.15) is 32.6 Å². The van der Waals surface area contributed by atoms with Crippen LogP contribution in [-0.2, 0) is 6.54 Å². The van der Waals surface area contributed by atoms with Gasteiger partial charge in [0.25, 0.3) is 5.91 Å². The molecule has 2 aromatic carbocycles. The van der Waals surface area contributed by atoms with E-state index in [2.05, 4.69) is 41.6 Å². The average molecular weight is 345 g/mol. The number of aromatic nitrogens is 1. The van der Waals surface area contributed by atoms with Crippen molar-refractivity contribution in [2.75, 3.05) is 5.32 Å². The summed E-state index contributed by atoms with van der Waals surface area (Å²) >= 11 is 0. The Kier molecular flexibility index (Phi) is 5.32. The van der Waals surface area contributed by atoms with Crippen molar-refractivity contribution in [3.05, 3.63) is 88.7 Å². The van der Waals surface area contributed by atoms with Gasteiger partial charge in [-0.3, -0.25) is 9.78 Å². The number of carbonyl (C=O) groups excluding carboxylic acids is 1. The zero-order chi connectivity index (χ0) is 18.5. The number of aryl methyl sites for hydroxylation is 3. The summed E-state index contributed by atoms with van der Waals surface area (Å²) in [7, 11) is 0. The van der Waals surface area contributed by atoms with E-state index in [9.17, 15) is 4.79 Å². The fourth-order valence-corrected chi connectivity index (χ4v) is 2.83. The van der Waals surface area contributed by atoms with Crippen LogP contribution < -0.4 is 10.6 Å². The maximum atomic E-state index is 12.5. The lowest BCUT2D eigenvalue weighted by Crippen LogP contribution is -2.23. The zero-order valence-corrected chi connectivity index (χ0v) is 15.3. The van der Waals surface area contributed by atoms with Crippen LogP contribution >= 0.6 is 0 Å². The molecule has 0 spiro atoms. The first-order chi connectivity index (χ1) is 12.5. The molecule has 3 rings (SSSR count). The van der Waals surface area contributed by atoms with E-state index in [0.29, 0.717) is 12.1 Å². The Morgan fingerprint density at radius 3 is 2.54 bits per heavy atom. The molecule has 4 nitrogen and oxygen atoms in total. The molecule has 3 aromatic rings. The summed E-state index contributed by atoms with van der Waals surface area (Å²) in [5.41, 5.74) is 6.98. The number of nitrogens with zero attached hydrogens (tertiary/aromatic N) is 1. The van der Waals surface area contributed by atoms with Gasteiger partial charge in [0.05, 0.1) is 17.4 Å². The van der Waals surface area contributed by atoms with E-state index in [1.165, 1.54) is 5.56 Å². The zero-order valence-electron chi connectivity index (χ0n) is 15.3. The highest BCUT2D eigenvalue weighted by Gasteiger charge is 2.08. The van der Waals surface area contributed by atoms with Crippen molar-refractivity contribution >= 4 is 17.3 Å². The van der Waals surface area contributed by atoms with Crippen molar-refractivity contribution in [1.29, 1.82) is 0 Å². The fraction of sp³-hybridized carbons (Fsp3) is 0.182. The number of hydrogen-bond acceptors (Lipinski definition) is 3. The Labute approximate surface area is 154 Å². The van der Waals surface area contributed by atoms with Gasteiger partial charge in [0.1, 0.15) is 0 Å². The maximum Gasteiger partial charge on any atom is 0.253 e. The number of amides is 1. The first-order valence-electron chi connectivity index (χ1n) is 8.65. The van der Waals surface area contributed by atoms with Gasteiger partial charge in [0, 0.05) is 18.4 Å². The number of pyridine rings is 1. The monoisotopic (exact) mass is 345 g/mol. The third-order valence-electron chi connectivity index (χ3n) is 4.36. The van der Waals surface area contributed by atoms with Crippen LogP contribution in [0.4, 0.5) is 11.4 Å². The summed E-state index contributed by atoms with van der Waals surface area (Å²) in [5.74, 6) is -0.134. The molecule has 1 aromatic heterocycles. The predicted octanol–water partition coefficient (Wildman–Crippen LogP) is 4.68. The minimum atomic E-state index is -0.134. The molecule has 1 heterocycles. The molecule has 0 aliphatic carbocycles. The molecule has 0 saturated heterocycles. The highest BCUT2D eigenvalue weighted by molar-refractivity contribution is 5.94. The summed E-state index contributed by atoms with van der Waals surface area (Å²) in [6.45, 7) is 6.66. The van der Waals surface area contributed by atoms with Gasteiger partial charge in [0.15, 0.2) is 0 Å². The van der Waals surface area contributed by atoms with E-state index in [0.717, 1.165) is 28.1 Å². The van der Waals surface area contributed by atoms with Gasteiger partial charge >= 0.3 is 0 Å². The topological polar surface area (TPSA) is 54.0 Å². The molecule has 0 aliphatic rings. The lowest BCUT2D eigenvalue weighted by atomic mass is 10.1. The Balaban J connectivity index is 1.70. The van der Waals surface area contributed by atoms with Crippen LogP contribution in [0.25, 0.3) is 0 Å². The van der Waals surface area contributed by atoms with Crippen molar-refractivity contribution in [2.24, 2.45) is 0 Å². The van der Waals surface area contributed by atoms with Crippen LogP contribution in [0.15, 0.2) is 60.9 Å². The van der Waals surface area contributed by atoms with Crippen molar-refractivity contribution in [1.82, 2.24) is 10.3 Å². The molecule has 4 heteroatoms. The van der Waals surface area contributed by atoms with Crippen LogP contribution in [0.5, 0.6) is 0 Å². The van der Waals surface area contributed by atoms with Crippen LogP contribution in [0.3, 0.4) is 0 Å². The molecule has 1 amide bonds. The molecule has 26 heavy (non-hydrogen) atoms. The van der Waals surface area contributed by atoms with Crippen molar-refractivity contribution in [3.63, 3.8) is 0 Å². The minimum Gasteiger partial charge on any atom is -0.354 e. The van der Waals surface area contributed by atoms with Crippen molar-refractivity contribution < 1.29 is 4.79 Å². The second-order valence-electron chi connectivity index (χ2n) is 6.51. The largest absolute Gasteiger partial charge is 0.354 e. The second kappa shape index (κ2) is 7.83. The molecule has 0 saturated carbocycles. The molecule has 0 fully saturated rings. The second-order valence-corrected chi connectivity index (χ2v) is 6.51. The third-order valence-corrected chi connectivity index (χ3v) is 4.36. The smallest absolute Gasteiger partial charge is 0.253 e. The number of hydrogen-bond donors (Lipinski definition) is 2. The molecule has 0 bridgehead atoms. The summed E-state index contributed by atoms with van der Waals surface area (Å²) in [5, 5.41) is 6.29. The standard InChI is InChI=1S/C22H23N3O/c1-15-8-9-21(17(3)10-15)25-20-11-19(12-23-14-20)22(26)24-13-18-7-5-4-6-16(18)2/h4-12,14,25H,13H2,1-3H3,(H,24,26). The molecule has 0 radical (unpaired) electrons. The number of anilines is 2. The Morgan fingerprint density at radius 1 is 0.962 bits per heavy atom. The van der Waals surface area contributed by atoms with Gasteiger partial charge in [-0.25, -0.2) is 0 Å². The van der Waals surface area contributed by atoms with Gasteiger partial charge < -0.3 is 10.6 Å². The maximum absolute atomic E-state index is 12.5. The van der Waals surface area contributed by atoms with Gasteiger partial charge in [-0.1, -0.05) is 42.0 Å². The highest BCUT2D eigenvalue weighted by Crippen LogP contribution is 2.21. The summed E-state index contributed by atoms with van der Waals surface area (Å²) < 4.78 is 0. The normalized spacial score (nSPS) is 10.4. The minimum absolute atomic E-state index is 0.134. The molecule has 132 valence electrons. The SMILES string of the molecule is Cc1ccc(Nc2cncc(C(=O)NCc3ccccc3C)c2)c(C)c1. The lowest BCUT2D eigenvalue weighted by molar-refractivity contribution is 0.0950. The van der Waals surface area contributed by atoms with Gasteiger partial charge in [0.2, 0.25) is 0 Å². The van der Waals surface area contributed by atoms with E-state index in [4.69, 9.17) is 0 Å². The average Bonchev–Trinajstić information content (AvgIpc) is 2.63.